The number of hydrogen-bond acceptors (Lipinski definition) is 2. The molecule has 0 aliphatic carbocycles. The van der Waals surface area contributed by atoms with E-state index in [1.165, 1.54) is 178 Å². The molecule has 0 aromatic heterocycles. The Balaban J connectivity index is 4.16. The van der Waals surface area contributed by atoms with Crippen molar-refractivity contribution >= 4 is 5.97 Å². The maximum Gasteiger partial charge on any atom is 0.0786 e. The van der Waals surface area contributed by atoms with Gasteiger partial charge in [-0.25, -0.2) is 0 Å². The average molecular weight is 524 g/mol. The standard InChI is InChI=1S/C34H69NO2/c1-4-7-10-25-30-35(31-26-11-8-5-2,32-27-12-9-6-3)33-28-23-21-19-17-15-13-14-16-18-20-22-24-29-34(36)37/h4-33H2,1-3H3. The molecular formula is C34H69NO2. The number of carboxylic acids is 1. The normalized spacial score (nSPS) is 11.9. The molecule has 0 amide bonds. The van der Waals surface area contributed by atoms with Gasteiger partial charge in [-0.15, -0.1) is 0 Å². The Morgan fingerprint density at radius 2 is 0.649 bits per heavy atom. The lowest BCUT2D eigenvalue weighted by Crippen LogP contribution is -2.50. The zero-order valence-electron chi connectivity index (χ0n) is 26.0. The molecule has 0 aromatic carbocycles. The molecule has 0 spiro atoms. The third-order valence-electron chi connectivity index (χ3n) is 8.47. The van der Waals surface area contributed by atoms with Crippen molar-refractivity contribution in [2.24, 2.45) is 0 Å². The number of aliphatic carboxylic acids is 1. The summed E-state index contributed by atoms with van der Waals surface area (Å²) >= 11 is 0. The highest BCUT2D eigenvalue weighted by molar-refractivity contribution is 5.64. The van der Waals surface area contributed by atoms with Gasteiger partial charge in [0.05, 0.1) is 26.2 Å². The Morgan fingerprint density at radius 1 is 0.405 bits per heavy atom. The summed E-state index contributed by atoms with van der Waals surface area (Å²) in [5.41, 5.74) is 0. The number of carbonyl (C=O) groups excluding carboxylic acids is 1. The molecule has 0 saturated heterocycles. The number of carbonyl (C=O) groups is 1. The molecule has 3 heteroatoms. The number of carboxylic acid groups (broad SMARTS) is 1. The minimum atomic E-state index is -0.898. The highest BCUT2D eigenvalue weighted by Crippen LogP contribution is 2.20. The molecule has 0 unspecified atom stereocenters. The van der Waals surface area contributed by atoms with Crippen molar-refractivity contribution < 1.29 is 14.4 Å². The number of unbranched alkanes of at least 4 members (excludes halogenated alkanes) is 21. The molecule has 0 aliphatic rings. The van der Waals surface area contributed by atoms with Gasteiger partial charge in [0.2, 0.25) is 0 Å². The van der Waals surface area contributed by atoms with Gasteiger partial charge < -0.3 is 14.4 Å². The quantitative estimate of drug-likeness (QED) is 0.0670. The lowest BCUT2D eigenvalue weighted by atomic mass is 10.0. The van der Waals surface area contributed by atoms with Crippen LogP contribution in [0, 0.1) is 0 Å². The Labute approximate surface area is 234 Å². The van der Waals surface area contributed by atoms with E-state index in [2.05, 4.69) is 20.8 Å². The highest BCUT2D eigenvalue weighted by Gasteiger charge is 2.25. The van der Waals surface area contributed by atoms with E-state index >= 15 is 0 Å². The second-order valence-electron chi connectivity index (χ2n) is 12.1. The summed E-state index contributed by atoms with van der Waals surface area (Å²) in [5, 5.41) is 10.4. The van der Waals surface area contributed by atoms with Crippen LogP contribution in [0.5, 0.6) is 0 Å². The minimum absolute atomic E-state index is 0.233. The topological polar surface area (TPSA) is 40.1 Å². The van der Waals surface area contributed by atoms with E-state index in [0.29, 0.717) is 0 Å². The summed E-state index contributed by atoms with van der Waals surface area (Å²) in [6.07, 6.45) is 34.0. The number of nitrogens with zero attached hydrogens (tertiary/aromatic N) is 1. The van der Waals surface area contributed by atoms with Gasteiger partial charge in [0.15, 0.2) is 0 Å². The summed E-state index contributed by atoms with van der Waals surface area (Å²) in [6.45, 7) is 12.8. The van der Waals surface area contributed by atoms with Crippen LogP contribution < -0.4 is 5.11 Å². The number of rotatable bonds is 31. The van der Waals surface area contributed by atoms with E-state index in [9.17, 15) is 9.90 Å². The monoisotopic (exact) mass is 524 g/mol. The van der Waals surface area contributed by atoms with Crippen LogP contribution in [-0.2, 0) is 4.79 Å². The maximum atomic E-state index is 10.4. The van der Waals surface area contributed by atoms with Crippen molar-refractivity contribution in [3.8, 4) is 0 Å². The van der Waals surface area contributed by atoms with Gasteiger partial charge in [-0.2, -0.15) is 0 Å². The van der Waals surface area contributed by atoms with Crippen LogP contribution >= 0.6 is 0 Å². The summed E-state index contributed by atoms with van der Waals surface area (Å²) in [6, 6.07) is 0. The summed E-state index contributed by atoms with van der Waals surface area (Å²) < 4.78 is 1.43. The van der Waals surface area contributed by atoms with E-state index in [1.807, 2.05) is 0 Å². The van der Waals surface area contributed by atoms with Crippen LogP contribution in [0.25, 0.3) is 0 Å². The van der Waals surface area contributed by atoms with E-state index < -0.39 is 5.97 Å². The zero-order chi connectivity index (χ0) is 27.3. The SMILES string of the molecule is CCCCCC[N+](CCCCCC)(CCCCCC)CCCCCCCCCCCCCCCC(=O)[O-]. The first-order valence-electron chi connectivity index (χ1n) is 17.1. The Hall–Kier alpha value is -0.570. The summed E-state index contributed by atoms with van der Waals surface area (Å²) in [7, 11) is 0. The van der Waals surface area contributed by atoms with Crippen LogP contribution in [0.4, 0.5) is 0 Å². The third kappa shape index (κ3) is 25.5. The van der Waals surface area contributed by atoms with Crippen LogP contribution in [0.15, 0.2) is 0 Å². The number of hydrogen-bond donors (Lipinski definition) is 0. The molecule has 222 valence electrons. The smallest absolute Gasteiger partial charge is 0.0786 e. The van der Waals surface area contributed by atoms with Gasteiger partial charge in [-0.1, -0.05) is 124 Å². The Bertz CT molecular complexity index is 433. The molecule has 37 heavy (non-hydrogen) atoms. The highest BCUT2D eigenvalue weighted by atomic mass is 16.4. The van der Waals surface area contributed by atoms with Crippen molar-refractivity contribution in [3.63, 3.8) is 0 Å². The largest absolute Gasteiger partial charge is 0.550 e. The van der Waals surface area contributed by atoms with E-state index in [-0.39, 0.29) is 6.42 Å². The lowest BCUT2D eigenvalue weighted by Gasteiger charge is -2.39. The van der Waals surface area contributed by atoms with Crippen LogP contribution in [0.1, 0.15) is 188 Å². The minimum Gasteiger partial charge on any atom is -0.550 e. The number of quaternary nitrogens is 1. The molecule has 0 rings (SSSR count). The summed E-state index contributed by atoms with van der Waals surface area (Å²) in [5.74, 6) is -0.898. The van der Waals surface area contributed by atoms with Gasteiger partial charge in [-0.05, 0) is 64.2 Å². The molecule has 0 saturated carbocycles. The fourth-order valence-corrected chi connectivity index (χ4v) is 5.95. The molecule has 0 fully saturated rings. The predicted molar refractivity (Wildman–Crippen MR) is 162 cm³/mol. The predicted octanol–water partition coefficient (Wildman–Crippen LogP) is 9.76. The van der Waals surface area contributed by atoms with Gasteiger partial charge in [0, 0.05) is 5.97 Å². The molecule has 0 bridgehead atoms. The first-order chi connectivity index (χ1) is 18.1. The lowest BCUT2D eigenvalue weighted by molar-refractivity contribution is -0.929. The molecule has 0 heterocycles. The van der Waals surface area contributed by atoms with Crippen molar-refractivity contribution in [1.82, 2.24) is 0 Å². The van der Waals surface area contributed by atoms with E-state index in [4.69, 9.17) is 0 Å². The molecule has 0 N–H and O–H groups in total. The second-order valence-corrected chi connectivity index (χ2v) is 12.1. The molecule has 0 aromatic rings. The van der Waals surface area contributed by atoms with Gasteiger partial charge in [-0.3, -0.25) is 0 Å². The van der Waals surface area contributed by atoms with Crippen LogP contribution in [-0.4, -0.2) is 36.6 Å². The van der Waals surface area contributed by atoms with E-state index in [0.717, 1.165) is 12.8 Å². The van der Waals surface area contributed by atoms with Crippen molar-refractivity contribution in [3.05, 3.63) is 0 Å². The first-order valence-corrected chi connectivity index (χ1v) is 17.1. The van der Waals surface area contributed by atoms with Gasteiger partial charge in [0.25, 0.3) is 0 Å². The average Bonchev–Trinajstić information content (AvgIpc) is 2.89. The molecule has 3 nitrogen and oxygen atoms in total. The Kier molecular flexibility index (Phi) is 28.0. The fourth-order valence-electron chi connectivity index (χ4n) is 5.95. The third-order valence-corrected chi connectivity index (χ3v) is 8.47. The molecule has 0 atom stereocenters. The Morgan fingerprint density at radius 3 is 0.919 bits per heavy atom. The van der Waals surface area contributed by atoms with Gasteiger partial charge >= 0.3 is 0 Å². The second kappa shape index (κ2) is 28.4. The molecule has 0 aliphatic heterocycles. The zero-order valence-corrected chi connectivity index (χ0v) is 26.0. The van der Waals surface area contributed by atoms with E-state index in [1.54, 1.807) is 0 Å². The van der Waals surface area contributed by atoms with Crippen molar-refractivity contribution in [2.75, 3.05) is 26.2 Å². The maximum absolute atomic E-state index is 10.4. The summed E-state index contributed by atoms with van der Waals surface area (Å²) in [4.78, 5) is 10.4. The van der Waals surface area contributed by atoms with Crippen LogP contribution in [0.3, 0.4) is 0 Å². The van der Waals surface area contributed by atoms with Gasteiger partial charge in [0.1, 0.15) is 0 Å². The van der Waals surface area contributed by atoms with Crippen molar-refractivity contribution in [2.45, 2.75) is 188 Å². The first kappa shape index (κ1) is 36.4. The molecular weight excluding hydrogens is 454 g/mol. The molecule has 0 radical (unpaired) electrons. The van der Waals surface area contributed by atoms with Crippen molar-refractivity contribution in [1.29, 1.82) is 0 Å². The fraction of sp³-hybridized carbons (Fsp3) is 0.971. The van der Waals surface area contributed by atoms with Crippen LogP contribution in [0.2, 0.25) is 0 Å².